The molecule has 0 aromatic heterocycles. The first-order chi connectivity index (χ1) is 15.9. The smallest absolute Gasteiger partial charge is 0.416 e. The Bertz CT molecular complexity index is 932. The predicted octanol–water partition coefficient (Wildman–Crippen LogP) is 7.90. The fourth-order valence-electron chi connectivity index (χ4n) is 2.41. The van der Waals surface area contributed by atoms with E-state index in [-0.39, 0.29) is 37.7 Å². The molecule has 2 aromatic carbocycles. The van der Waals surface area contributed by atoms with Crippen molar-refractivity contribution in [3.8, 4) is 11.5 Å². The van der Waals surface area contributed by atoms with Gasteiger partial charge in [-0.2, -0.15) is 32.4 Å². The summed E-state index contributed by atoms with van der Waals surface area (Å²) < 4.78 is 71.1. The van der Waals surface area contributed by atoms with Gasteiger partial charge in [0.25, 0.3) is 0 Å². The van der Waals surface area contributed by atoms with E-state index in [1.54, 1.807) is 0 Å². The number of hydrogen-bond donors (Lipinski definition) is 2. The van der Waals surface area contributed by atoms with Crippen LogP contribution in [0.25, 0.3) is 0 Å². The standard InChI is InChI=1S/2C7H5F3O.C6H9B.C5H5.Zr/c2*8-7(9,10)5-2-1-3-6(11)4-5;1-7-5-3-2-4-6-7;1-2-4-5-3-1;/h2*1-4,11H;2-5H,6H2,1H3;1-3H,4H2;/q;;;-1;. The first-order valence-electron chi connectivity index (χ1n) is 10.2. The summed E-state index contributed by atoms with van der Waals surface area (Å²) in [5.74, 6) is 1.47. The van der Waals surface area contributed by atoms with E-state index in [1.165, 1.54) is 18.5 Å². The molecule has 0 spiro atoms. The summed E-state index contributed by atoms with van der Waals surface area (Å²) >= 11 is 0. The zero-order valence-electron chi connectivity index (χ0n) is 18.8. The molecule has 186 valence electrons. The number of benzene rings is 2. The Morgan fingerprint density at radius 3 is 1.49 bits per heavy atom. The molecular formula is C25H24BF6O2Zr-. The van der Waals surface area contributed by atoms with Gasteiger partial charge in [0, 0.05) is 26.2 Å². The maximum Gasteiger partial charge on any atom is 0.416 e. The number of aromatic hydroxyl groups is 2. The number of alkyl halides is 6. The monoisotopic (exact) mass is 571 g/mol. The van der Waals surface area contributed by atoms with Crippen molar-refractivity contribution in [3.05, 3.63) is 108 Å². The van der Waals surface area contributed by atoms with E-state index in [2.05, 4.69) is 43.2 Å². The van der Waals surface area contributed by atoms with Crippen LogP contribution in [-0.4, -0.2) is 16.9 Å². The second kappa shape index (κ2) is 16.2. The Kier molecular flexibility index (Phi) is 15.1. The third-order valence-corrected chi connectivity index (χ3v) is 4.13. The zero-order valence-corrected chi connectivity index (χ0v) is 21.3. The Morgan fingerprint density at radius 2 is 1.29 bits per heavy atom. The number of allylic oxidation sites excluding steroid dienone is 7. The number of phenols is 2. The van der Waals surface area contributed by atoms with Crippen molar-refractivity contribution in [2.75, 3.05) is 0 Å². The van der Waals surface area contributed by atoms with Crippen LogP contribution in [0.3, 0.4) is 0 Å². The second-order valence-electron chi connectivity index (χ2n) is 7.13. The van der Waals surface area contributed by atoms with Gasteiger partial charge in [0.15, 0.2) is 6.71 Å². The summed E-state index contributed by atoms with van der Waals surface area (Å²) in [6.07, 6.45) is 8.87. The van der Waals surface area contributed by atoms with Crippen LogP contribution in [0, 0.1) is 6.08 Å². The Morgan fingerprint density at radius 1 is 0.771 bits per heavy atom. The molecule has 0 atom stereocenters. The van der Waals surface area contributed by atoms with E-state index < -0.39 is 23.5 Å². The maximum atomic E-state index is 11.9. The molecule has 0 amide bonds. The fraction of sp³-hybridized carbons (Fsp3) is 0.200. The van der Waals surface area contributed by atoms with E-state index in [1.807, 2.05) is 12.2 Å². The van der Waals surface area contributed by atoms with Crippen molar-refractivity contribution in [3.63, 3.8) is 0 Å². The minimum absolute atomic E-state index is 0. The second-order valence-corrected chi connectivity index (χ2v) is 7.13. The van der Waals surface area contributed by atoms with Crippen molar-refractivity contribution >= 4 is 6.71 Å². The summed E-state index contributed by atoms with van der Waals surface area (Å²) in [7, 11) is 0. The van der Waals surface area contributed by atoms with Gasteiger partial charge in [0.1, 0.15) is 11.5 Å². The van der Waals surface area contributed by atoms with Crippen LogP contribution in [-0.2, 0) is 38.6 Å². The minimum atomic E-state index is -4.38. The van der Waals surface area contributed by atoms with Crippen molar-refractivity contribution < 1.29 is 62.8 Å². The van der Waals surface area contributed by atoms with E-state index in [4.69, 9.17) is 10.2 Å². The number of halogens is 6. The van der Waals surface area contributed by atoms with E-state index in [9.17, 15) is 26.3 Å². The molecule has 2 aliphatic rings. The summed E-state index contributed by atoms with van der Waals surface area (Å²) in [5.41, 5.74) is -1.67. The van der Waals surface area contributed by atoms with Crippen LogP contribution in [0.5, 0.6) is 11.5 Å². The van der Waals surface area contributed by atoms with Crippen molar-refractivity contribution in [1.82, 2.24) is 0 Å². The van der Waals surface area contributed by atoms with Gasteiger partial charge >= 0.3 is 12.4 Å². The average molecular weight is 572 g/mol. The molecule has 10 heteroatoms. The zero-order chi connectivity index (χ0) is 25.6. The van der Waals surface area contributed by atoms with Crippen LogP contribution in [0.4, 0.5) is 26.3 Å². The molecule has 35 heavy (non-hydrogen) atoms. The molecule has 0 saturated carbocycles. The Hall–Kier alpha value is -2.47. The van der Waals surface area contributed by atoms with Crippen LogP contribution >= 0.6 is 0 Å². The first kappa shape index (κ1) is 32.5. The Balaban J connectivity index is 0.000000453. The van der Waals surface area contributed by atoms with Crippen LogP contribution < -0.4 is 0 Å². The van der Waals surface area contributed by atoms with Crippen LogP contribution in [0.1, 0.15) is 17.5 Å². The normalized spacial score (nSPS) is 13.4. The summed E-state index contributed by atoms with van der Waals surface area (Å²) in [5, 5.41) is 17.4. The third-order valence-electron chi connectivity index (χ3n) is 4.13. The van der Waals surface area contributed by atoms with Crippen LogP contribution in [0.15, 0.2) is 91.0 Å². The number of rotatable bonds is 0. The summed E-state index contributed by atoms with van der Waals surface area (Å²) in [6, 6.07) is 7.85. The quantitative estimate of drug-likeness (QED) is 0.192. The van der Waals surface area contributed by atoms with Gasteiger partial charge in [-0.3, -0.25) is 6.08 Å². The van der Waals surface area contributed by atoms with E-state index in [0.717, 1.165) is 37.4 Å². The molecule has 0 radical (unpaired) electrons. The van der Waals surface area contributed by atoms with Gasteiger partial charge in [-0.15, -0.1) is 12.4 Å². The molecule has 2 aromatic rings. The molecule has 1 heterocycles. The molecule has 0 bridgehead atoms. The van der Waals surface area contributed by atoms with Gasteiger partial charge in [-0.25, -0.2) is 12.2 Å². The van der Waals surface area contributed by atoms with Crippen molar-refractivity contribution in [2.24, 2.45) is 0 Å². The average Bonchev–Trinajstić information content (AvgIpc) is 3.34. The SMILES string of the molecule is CB1C=CC=CC1.Oc1cccc(C(F)(F)F)c1.Oc1cccc(C(F)(F)F)c1.[C-]1=CC=CC1.[Zr]. The molecule has 0 fully saturated rings. The molecule has 2 N–H and O–H groups in total. The number of hydrogen-bond acceptors (Lipinski definition) is 2. The van der Waals surface area contributed by atoms with Gasteiger partial charge in [-0.1, -0.05) is 43.5 Å². The molecule has 0 unspecified atom stereocenters. The molecule has 1 aliphatic heterocycles. The predicted molar refractivity (Wildman–Crippen MR) is 122 cm³/mol. The summed E-state index contributed by atoms with van der Waals surface area (Å²) in [6.45, 7) is 2.99. The minimum Gasteiger partial charge on any atom is -0.508 e. The fourth-order valence-corrected chi connectivity index (χ4v) is 2.41. The van der Waals surface area contributed by atoms with E-state index >= 15 is 0 Å². The molecule has 4 rings (SSSR count). The van der Waals surface area contributed by atoms with Crippen molar-refractivity contribution in [1.29, 1.82) is 0 Å². The maximum absolute atomic E-state index is 11.9. The molecular weight excluding hydrogens is 548 g/mol. The van der Waals surface area contributed by atoms with E-state index in [0.29, 0.717) is 12.1 Å². The van der Waals surface area contributed by atoms with Crippen LogP contribution in [0.2, 0.25) is 13.1 Å². The molecule has 1 aliphatic carbocycles. The first-order valence-corrected chi connectivity index (χ1v) is 10.2. The topological polar surface area (TPSA) is 40.5 Å². The van der Waals surface area contributed by atoms with Gasteiger partial charge in [0.05, 0.1) is 11.1 Å². The van der Waals surface area contributed by atoms with Gasteiger partial charge in [0.2, 0.25) is 0 Å². The third kappa shape index (κ3) is 15.2. The van der Waals surface area contributed by atoms with Crippen molar-refractivity contribution in [2.45, 2.75) is 31.9 Å². The molecule has 0 saturated heterocycles. The largest absolute Gasteiger partial charge is 0.508 e. The van der Waals surface area contributed by atoms with Gasteiger partial charge < -0.3 is 10.2 Å². The summed E-state index contributed by atoms with van der Waals surface area (Å²) in [4.78, 5) is 0. The van der Waals surface area contributed by atoms with Gasteiger partial charge in [-0.05, 0) is 36.4 Å². The Labute approximate surface area is 220 Å². The molecule has 2 nitrogen and oxygen atoms in total. The number of phenolic OH excluding ortho intramolecular Hbond substituents is 2.